The van der Waals surface area contributed by atoms with Crippen molar-refractivity contribution in [2.24, 2.45) is 0 Å². The minimum absolute atomic E-state index is 0.0325. The summed E-state index contributed by atoms with van der Waals surface area (Å²) in [7, 11) is 3.56. The molecule has 0 aliphatic heterocycles. The van der Waals surface area contributed by atoms with Gasteiger partial charge in [-0.3, -0.25) is 9.59 Å². The predicted molar refractivity (Wildman–Crippen MR) is 124 cm³/mol. The van der Waals surface area contributed by atoms with Gasteiger partial charge in [-0.05, 0) is 19.4 Å². The number of hydrogen-bond acceptors (Lipinski definition) is 10. The zero-order valence-corrected chi connectivity index (χ0v) is 21.4. The highest BCUT2D eigenvalue weighted by Gasteiger charge is 2.32. The molecule has 0 aliphatic rings. The third-order valence-electron chi connectivity index (χ3n) is 4.66. The fourth-order valence-corrected chi connectivity index (χ4v) is 3.60. The van der Waals surface area contributed by atoms with E-state index < -0.39 is 29.4 Å². The molecule has 0 aromatic heterocycles. The normalized spacial score (nSPS) is 10.3. The van der Waals surface area contributed by atoms with Gasteiger partial charge in [0.15, 0.2) is 23.0 Å². The lowest BCUT2D eigenvalue weighted by Gasteiger charge is -2.22. The van der Waals surface area contributed by atoms with E-state index in [1.165, 1.54) is 34.1 Å². The van der Waals surface area contributed by atoms with Crippen LogP contribution < -0.4 is 18.9 Å². The molecule has 0 atom stereocenters. The summed E-state index contributed by atoms with van der Waals surface area (Å²) in [5, 5.41) is -0.255. The van der Waals surface area contributed by atoms with Crippen molar-refractivity contribution in [3.63, 3.8) is 0 Å². The topological polar surface area (TPSA) is 124 Å². The first-order valence-corrected chi connectivity index (χ1v) is 10.6. The van der Waals surface area contributed by atoms with Gasteiger partial charge in [-0.15, -0.1) is 0 Å². The van der Waals surface area contributed by atoms with Gasteiger partial charge in [0, 0.05) is 25.5 Å². The monoisotopic (exact) mass is 528 g/mol. The Kier molecular flexibility index (Phi) is 8.94. The van der Waals surface area contributed by atoms with Crippen LogP contribution in [0.3, 0.4) is 0 Å². The molecule has 0 heterocycles. The first kappa shape index (κ1) is 27.7. The largest absolute Gasteiger partial charge is 0.496 e. The third-order valence-corrected chi connectivity index (χ3v) is 5.57. The van der Waals surface area contributed by atoms with Crippen LogP contribution in [0.2, 0.25) is 10.0 Å². The van der Waals surface area contributed by atoms with Gasteiger partial charge in [-0.2, -0.15) is 0 Å². The molecule has 2 rings (SSSR count). The Hall–Kier alpha value is -3.50. The van der Waals surface area contributed by atoms with Gasteiger partial charge < -0.3 is 28.4 Å². The van der Waals surface area contributed by atoms with Gasteiger partial charge in [0.1, 0.15) is 16.9 Å². The van der Waals surface area contributed by atoms with Crippen LogP contribution in [-0.4, -0.2) is 45.2 Å². The average Bonchev–Trinajstić information content (AvgIpc) is 2.80. The van der Waals surface area contributed by atoms with Crippen molar-refractivity contribution in [3.8, 4) is 28.7 Å². The molecular weight excluding hydrogens is 507 g/mol. The summed E-state index contributed by atoms with van der Waals surface area (Å²) in [6.07, 6.45) is 0. The highest BCUT2D eigenvalue weighted by atomic mass is 35.5. The van der Waals surface area contributed by atoms with Gasteiger partial charge in [0.2, 0.25) is 0 Å². The molecular formula is C23H22Cl2O10. The second-order valence-electron chi connectivity index (χ2n) is 6.96. The van der Waals surface area contributed by atoms with Crippen LogP contribution in [0.25, 0.3) is 0 Å². The van der Waals surface area contributed by atoms with E-state index in [0.717, 1.165) is 21.0 Å². The number of hydrogen-bond donors (Lipinski definition) is 0. The molecule has 0 aliphatic carbocycles. The van der Waals surface area contributed by atoms with Crippen LogP contribution in [-0.2, 0) is 19.1 Å². The summed E-state index contributed by atoms with van der Waals surface area (Å²) in [6, 6.07) is 1.23. The third kappa shape index (κ3) is 5.60. The van der Waals surface area contributed by atoms with E-state index in [2.05, 4.69) is 0 Å². The Morgan fingerprint density at radius 2 is 1.20 bits per heavy atom. The Morgan fingerprint density at radius 3 is 1.69 bits per heavy atom. The smallest absolute Gasteiger partial charge is 0.345 e. The predicted octanol–water partition coefficient (Wildman–Crippen LogP) is 4.83. The molecule has 0 saturated carbocycles. The van der Waals surface area contributed by atoms with Crippen LogP contribution in [0, 0.1) is 13.8 Å². The Labute approximate surface area is 210 Å². The van der Waals surface area contributed by atoms with E-state index in [1.807, 2.05) is 0 Å². The molecule has 0 radical (unpaired) electrons. The SMILES string of the molecule is COC(=O)c1c(OC)cc(OC(C)=O)c(Oc2c(Cl)c(C)c(Cl)c(OC(C)=O)c2C(=O)OC)c1C. The van der Waals surface area contributed by atoms with Crippen molar-refractivity contribution >= 4 is 47.1 Å². The lowest BCUT2D eigenvalue weighted by molar-refractivity contribution is -0.132. The molecule has 2 aromatic carbocycles. The molecule has 0 amide bonds. The standard InChI is InChI=1S/C23H22Cl2O10/c1-9-15(22(28)31-6)13(30-5)8-14(33-11(3)26)19(9)35-21-16(23(29)32-7)20(34-12(4)27)17(24)10(2)18(21)25/h8H,1-7H3. The first-order chi connectivity index (χ1) is 16.4. The summed E-state index contributed by atoms with van der Waals surface area (Å²) >= 11 is 12.8. The number of carbonyl (C=O) groups excluding carboxylic acids is 4. The van der Waals surface area contributed by atoms with Gasteiger partial charge in [-0.25, -0.2) is 9.59 Å². The first-order valence-electron chi connectivity index (χ1n) is 9.83. The van der Waals surface area contributed by atoms with E-state index in [-0.39, 0.29) is 55.5 Å². The fourth-order valence-electron chi connectivity index (χ4n) is 3.10. The second-order valence-corrected chi connectivity index (χ2v) is 7.72. The van der Waals surface area contributed by atoms with Crippen molar-refractivity contribution < 1.29 is 47.6 Å². The molecule has 0 saturated heterocycles. The number of halogens is 2. The Bertz CT molecular complexity index is 1220. The maximum atomic E-state index is 12.7. The van der Waals surface area contributed by atoms with Gasteiger partial charge in [0.25, 0.3) is 0 Å². The maximum absolute atomic E-state index is 12.7. The molecule has 0 N–H and O–H groups in total. The minimum Gasteiger partial charge on any atom is -0.496 e. The molecule has 0 fully saturated rings. The van der Waals surface area contributed by atoms with E-state index in [1.54, 1.807) is 0 Å². The van der Waals surface area contributed by atoms with E-state index in [9.17, 15) is 19.2 Å². The number of esters is 4. The second kappa shape index (κ2) is 11.3. The molecule has 188 valence electrons. The molecule has 35 heavy (non-hydrogen) atoms. The zero-order chi connectivity index (χ0) is 26.6. The van der Waals surface area contributed by atoms with Crippen LogP contribution >= 0.6 is 23.2 Å². The molecule has 2 aromatic rings. The van der Waals surface area contributed by atoms with E-state index in [4.69, 9.17) is 51.6 Å². The number of methoxy groups -OCH3 is 3. The van der Waals surface area contributed by atoms with Crippen molar-refractivity contribution in [1.29, 1.82) is 0 Å². The lowest BCUT2D eigenvalue weighted by Crippen LogP contribution is -2.14. The minimum atomic E-state index is -0.992. The Balaban J connectivity index is 2.98. The van der Waals surface area contributed by atoms with Crippen molar-refractivity contribution in [1.82, 2.24) is 0 Å². The molecule has 12 heteroatoms. The number of rotatable bonds is 7. The molecule has 0 spiro atoms. The molecule has 0 bridgehead atoms. The van der Waals surface area contributed by atoms with Crippen LogP contribution in [0.4, 0.5) is 0 Å². The van der Waals surface area contributed by atoms with E-state index >= 15 is 0 Å². The van der Waals surface area contributed by atoms with Gasteiger partial charge in [0.05, 0.1) is 31.4 Å². The lowest BCUT2D eigenvalue weighted by atomic mass is 10.0. The summed E-state index contributed by atoms with van der Waals surface area (Å²) in [4.78, 5) is 48.7. The zero-order valence-electron chi connectivity index (χ0n) is 19.9. The van der Waals surface area contributed by atoms with Crippen molar-refractivity contribution in [2.45, 2.75) is 27.7 Å². The van der Waals surface area contributed by atoms with Crippen LogP contribution in [0.1, 0.15) is 45.7 Å². The van der Waals surface area contributed by atoms with Gasteiger partial charge in [-0.1, -0.05) is 23.2 Å². The van der Waals surface area contributed by atoms with Gasteiger partial charge >= 0.3 is 23.9 Å². The molecule has 10 nitrogen and oxygen atoms in total. The highest BCUT2D eigenvalue weighted by molar-refractivity contribution is 6.39. The number of benzene rings is 2. The quantitative estimate of drug-likeness (QED) is 0.364. The average molecular weight is 529 g/mol. The highest BCUT2D eigenvalue weighted by Crippen LogP contribution is 2.49. The fraction of sp³-hybridized carbons (Fsp3) is 0.304. The summed E-state index contributed by atoms with van der Waals surface area (Å²) in [5.74, 6) is -4.24. The summed E-state index contributed by atoms with van der Waals surface area (Å²) in [5.41, 5.74) is -0.115. The summed E-state index contributed by atoms with van der Waals surface area (Å²) < 4.78 is 31.3. The van der Waals surface area contributed by atoms with Crippen LogP contribution in [0.15, 0.2) is 6.07 Å². The Morgan fingerprint density at radius 1 is 0.686 bits per heavy atom. The van der Waals surface area contributed by atoms with Crippen molar-refractivity contribution in [2.75, 3.05) is 21.3 Å². The van der Waals surface area contributed by atoms with Crippen molar-refractivity contribution in [3.05, 3.63) is 38.4 Å². The number of ether oxygens (including phenoxy) is 6. The maximum Gasteiger partial charge on any atom is 0.345 e. The van der Waals surface area contributed by atoms with Crippen LogP contribution in [0.5, 0.6) is 28.7 Å². The van der Waals surface area contributed by atoms with E-state index in [0.29, 0.717) is 0 Å². The molecule has 0 unspecified atom stereocenters. The number of carbonyl (C=O) groups is 4. The summed E-state index contributed by atoms with van der Waals surface area (Å²) in [6.45, 7) is 5.23.